The van der Waals surface area contributed by atoms with Gasteiger partial charge in [0.15, 0.2) is 0 Å². The number of methoxy groups -OCH3 is 1. The van der Waals surface area contributed by atoms with Crippen LogP contribution in [0.5, 0.6) is 5.75 Å². The Bertz CT molecular complexity index is 1150. The Morgan fingerprint density at radius 1 is 1.00 bits per heavy atom. The SMILES string of the molecule is COc1ccccc1NS(=O)(=O)c1cc(C(=O)Nc2ccc(Br)cc2)ccc1C. The molecule has 0 saturated heterocycles. The van der Waals surface area contributed by atoms with E-state index in [-0.39, 0.29) is 10.5 Å². The average Bonchev–Trinajstić information content (AvgIpc) is 2.70. The molecule has 3 aromatic carbocycles. The van der Waals surface area contributed by atoms with E-state index in [0.29, 0.717) is 22.7 Å². The number of ether oxygens (including phenoxy) is 1. The third-order valence-electron chi connectivity index (χ3n) is 4.19. The first kappa shape index (κ1) is 20.9. The van der Waals surface area contributed by atoms with E-state index < -0.39 is 15.9 Å². The highest BCUT2D eigenvalue weighted by atomic mass is 79.9. The summed E-state index contributed by atoms with van der Waals surface area (Å²) < 4.78 is 34.5. The van der Waals surface area contributed by atoms with Gasteiger partial charge in [-0.2, -0.15) is 0 Å². The van der Waals surface area contributed by atoms with Gasteiger partial charge >= 0.3 is 0 Å². The molecule has 6 nitrogen and oxygen atoms in total. The molecule has 3 aromatic rings. The zero-order valence-electron chi connectivity index (χ0n) is 15.8. The van der Waals surface area contributed by atoms with Crippen LogP contribution in [0.15, 0.2) is 76.1 Å². The van der Waals surface area contributed by atoms with Gasteiger partial charge in [-0.15, -0.1) is 0 Å². The molecule has 0 aliphatic heterocycles. The quantitative estimate of drug-likeness (QED) is 0.536. The molecule has 0 aliphatic carbocycles. The van der Waals surface area contributed by atoms with Crippen LogP contribution in [-0.2, 0) is 10.0 Å². The lowest BCUT2D eigenvalue weighted by Crippen LogP contribution is -2.17. The molecule has 0 spiro atoms. The van der Waals surface area contributed by atoms with Gasteiger partial charge in [-0.05, 0) is 61.0 Å². The fourth-order valence-electron chi connectivity index (χ4n) is 2.70. The van der Waals surface area contributed by atoms with Crippen LogP contribution in [-0.4, -0.2) is 21.4 Å². The van der Waals surface area contributed by atoms with Crippen molar-refractivity contribution in [1.82, 2.24) is 0 Å². The highest BCUT2D eigenvalue weighted by molar-refractivity contribution is 9.10. The number of sulfonamides is 1. The Labute approximate surface area is 178 Å². The Balaban J connectivity index is 1.89. The van der Waals surface area contributed by atoms with Crippen molar-refractivity contribution in [2.75, 3.05) is 17.1 Å². The number of nitrogens with one attached hydrogen (secondary N) is 2. The number of aryl methyl sites for hydroxylation is 1. The highest BCUT2D eigenvalue weighted by Gasteiger charge is 2.21. The fraction of sp³-hybridized carbons (Fsp3) is 0.0952. The number of anilines is 2. The molecule has 8 heteroatoms. The van der Waals surface area contributed by atoms with Gasteiger partial charge < -0.3 is 10.1 Å². The van der Waals surface area contributed by atoms with E-state index in [1.54, 1.807) is 67.6 Å². The van der Waals surface area contributed by atoms with Crippen LogP contribution in [0, 0.1) is 6.92 Å². The maximum atomic E-state index is 13.0. The molecule has 0 atom stereocenters. The lowest BCUT2D eigenvalue weighted by atomic mass is 10.1. The van der Waals surface area contributed by atoms with Crippen molar-refractivity contribution in [3.8, 4) is 5.75 Å². The number of para-hydroxylation sites is 2. The second-order valence-electron chi connectivity index (χ2n) is 6.25. The smallest absolute Gasteiger partial charge is 0.262 e. The van der Waals surface area contributed by atoms with Crippen molar-refractivity contribution >= 4 is 43.2 Å². The molecule has 0 fully saturated rings. The van der Waals surface area contributed by atoms with Gasteiger partial charge in [0.1, 0.15) is 5.75 Å². The standard InChI is InChI=1S/C21H19BrN2O4S/c1-14-7-8-15(21(25)23-17-11-9-16(22)10-12-17)13-20(14)29(26,27)24-18-5-3-4-6-19(18)28-2/h3-13,24H,1-2H3,(H,23,25). The lowest BCUT2D eigenvalue weighted by Gasteiger charge is -2.14. The first-order valence-corrected chi connectivity index (χ1v) is 10.9. The van der Waals surface area contributed by atoms with Gasteiger partial charge in [0.2, 0.25) is 0 Å². The Hall–Kier alpha value is -2.84. The number of hydrogen-bond donors (Lipinski definition) is 2. The Kier molecular flexibility index (Phi) is 6.24. The van der Waals surface area contributed by atoms with Gasteiger partial charge in [-0.3, -0.25) is 9.52 Å². The monoisotopic (exact) mass is 474 g/mol. The van der Waals surface area contributed by atoms with Crippen LogP contribution in [0.3, 0.4) is 0 Å². The van der Waals surface area contributed by atoms with Crippen molar-refractivity contribution in [3.63, 3.8) is 0 Å². The largest absolute Gasteiger partial charge is 0.495 e. The molecule has 29 heavy (non-hydrogen) atoms. The summed E-state index contributed by atoms with van der Waals surface area (Å²) in [4.78, 5) is 12.6. The van der Waals surface area contributed by atoms with Crippen LogP contribution in [0.4, 0.5) is 11.4 Å². The topological polar surface area (TPSA) is 84.5 Å². The zero-order valence-corrected chi connectivity index (χ0v) is 18.2. The number of benzene rings is 3. The molecular weight excluding hydrogens is 456 g/mol. The summed E-state index contributed by atoms with van der Waals surface area (Å²) in [6, 6.07) is 18.4. The van der Waals surface area contributed by atoms with Crippen LogP contribution in [0.1, 0.15) is 15.9 Å². The minimum absolute atomic E-state index is 0.0202. The number of amides is 1. The number of halogens is 1. The minimum atomic E-state index is -3.93. The second-order valence-corrected chi connectivity index (χ2v) is 8.81. The predicted molar refractivity (Wildman–Crippen MR) is 117 cm³/mol. The molecular formula is C21H19BrN2O4S. The molecule has 2 N–H and O–H groups in total. The second kappa shape index (κ2) is 8.67. The molecule has 0 saturated carbocycles. The van der Waals surface area contributed by atoms with Crippen molar-refractivity contribution in [2.24, 2.45) is 0 Å². The number of carbonyl (C=O) groups is 1. The van der Waals surface area contributed by atoms with E-state index >= 15 is 0 Å². The summed E-state index contributed by atoms with van der Waals surface area (Å²) in [5, 5.41) is 2.76. The summed E-state index contributed by atoms with van der Waals surface area (Å²) in [6.07, 6.45) is 0. The molecule has 0 aliphatic rings. The molecule has 0 bridgehead atoms. The Morgan fingerprint density at radius 3 is 2.38 bits per heavy atom. The molecule has 0 radical (unpaired) electrons. The molecule has 0 unspecified atom stereocenters. The predicted octanol–water partition coefficient (Wildman–Crippen LogP) is 4.82. The van der Waals surface area contributed by atoms with E-state index in [9.17, 15) is 13.2 Å². The van der Waals surface area contributed by atoms with Crippen LogP contribution in [0.2, 0.25) is 0 Å². The molecule has 0 aromatic heterocycles. The minimum Gasteiger partial charge on any atom is -0.495 e. The summed E-state index contributed by atoms with van der Waals surface area (Å²) in [7, 11) is -2.46. The number of hydrogen-bond acceptors (Lipinski definition) is 4. The fourth-order valence-corrected chi connectivity index (χ4v) is 4.30. The van der Waals surface area contributed by atoms with E-state index in [2.05, 4.69) is 26.0 Å². The average molecular weight is 475 g/mol. The van der Waals surface area contributed by atoms with Gasteiger partial charge in [0, 0.05) is 15.7 Å². The summed E-state index contributed by atoms with van der Waals surface area (Å²) in [5.74, 6) is -0.000992. The van der Waals surface area contributed by atoms with E-state index in [1.807, 2.05) is 0 Å². The van der Waals surface area contributed by atoms with Gasteiger partial charge in [0.25, 0.3) is 15.9 Å². The van der Waals surface area contributed by atoms with Crippen molar-refractivity contribution < 1.29 is 17.9 Å². The first-order valence-electron chi connectivity index (χ1n) is 8.63. The summed E-state index contributed by atoms with van der Waals surface area (Å²) in [5.41, 5.74) is 1.68. The van der Waals surface area contributed by atoms with Crippen molar-refractivity contribution in [3.05, 3.63) is 82.3 Å². The normalized spacial score (nSPS) is 11.0. The summed E-state index contributed by atoms with van der Waals surface area (Å²) >= 11 is 3.34. The molecule has 0 heterocycles. The molecule has 150 valence electrons. The molecule has 3 rings (SSSR count). The molecule has 1 amide bonds. The highest BCUT2D eigenvalue weighted by Crippen LogP contribution is 2.27. The van der Waals surface area contributed by atoms with E-state index in [4.69, 9.17) is 4.74 Å². The van der Waals surface area contributed by atoms with Gasteiger partial charge in [0.05, 0.1) is 17.7 Å². The van der Waals surface area contributed by atoms with Crippen LogP contribution in [0.25, 0.3) is 0 Å². The third-order valence-corrected chi connectivity index (χ3v) is 6.23. The third kappa shape index (κ3) is 4.96. The number of rotatable bonds is 6. The lowest BCUT2D eigenvalue weighted by molar-refractivity contribution is 0.102. The van der Waals surface area contributed by atoms with Crippen LogP contribution < -0.4 is 14.8 Å². The van der Waals surface area contributed by atoms with Crippen molar-refractivity contribution in [1.29, 1.82) is 0 Å². The van der Waals surface area contributed by atoms with Gasteiger partial charge in [-0.1, -0.05) is 34.1 Å². The first-order chi connectivity index (χ1) is 13.8. The number of carbonyl (C=O) groups excluding carboxylic acids is 1. The van der Waals surface area contributed by atoms with Crippen molar-refractivity contribution in [2.45, 2.75) is 11.8 Å². The van der Waals surface area contributed by atoms with Gasteiger partial charge in [-0.25, -0.2) is 8.42 Å². The van der Waals surface area contributed by atoms with E-state index in [1.165, 1.54) is 13.2 Å². The van der Waals surface area contributed by atoms with E-state index in [0.717, 1.165) is 4.47 Å². The Morgan fingerprint density at radius 2 is 1.69 bits per heavy atom. The maximum absolute atomic E-state index is 13.0. The zero-order chi connectivity index (χ0) is 21.0. The van der Waals surface area contributed by atoms with Crippen LogP contribution >= 0.6 is 15.9 Å². The summed E-state index contributed by atoms with van der Waals surface area (Å²) in [6.45, 7) is 1.67. The maximum Gasteiger partial charge on any atom is 0.262 e.